The van der Waals surface area contributed by atoms with E-state index in [4.69, 9.17) is 0 Å². The minimum atomic E-state index is -0.485. The molecular weight excluding hydrogens is 761 g/mol. The number of nitrogens with zero attached hydrogens (tertiary/aromatic N) is 2. The molecule has 9 aromatic carbocycles. The van der Waals surface area contributed by atoms with Gasteiger partial charge in [-0.25, -0.2) is 0 Å². The van der Waals surface area contributed by atoms with Crippen molar-refractivity contribution in [3.05, 3.63) is 258 Å². The Morgan fingerprint density at radius 2 is 1.00 bits per heavy atom. The molecule has 13 rings (SSSR count). The summed E-state index contributed by atoms with van der Waals surface area (Å²) in [4.78, 5) is 0. The van der Waals surface area contributed by atoms with Gasteiger partial charge in [0.15, 0.2) is 0 Å². The van der Waals surface area contributed by atoms with E-state index in [0.29, 0.717) is 0 Å². The quantitative estimate of drug-likeness (QED) is 0.158. The van der Waals surface area contributed by atoms with E-state index >= 15 is 0 Å². The lowest BCUT2D eigenvalue weighted by Gasteiger charge is -2.34. The highest BCUT2D eigenvalue weighted by atomic mass is 15.0. The third kappa shape index (κ3) is 5.25. The van der Waals surface area contributed by atoms with E-state index in [1.165, 1.54) is 99.3 Å². The Balaban J connectivity index is 1.09. The van der Waals surface area contributed by atoms with E-state index in [1.807, 2.05) is 0 Å². The molecule has 0 aliphatic heterocycles. The van der Waals surface area contributed by atoms with Gasteiger partial charge in [0.05, 0.1) is 27.5 Å². The Bertz CT molecular complexity index is 3610. The van der Waals surface area contributed by atoms with Crippen LogP contribution >= 0.6 is 0 Å². The number of hydrogen-bond acceptors (Lipinski definition) is 0. The van der Waals surface area contributed by atoms with Gasteiger partial charge in [0.2, 0.25) is 0 Å². The fraction of sp³-hybridized carbons (Fsp3) is 0.0492. The molecule has 2 nitrogen and oxygen atoms in total. The topological polar surface area (TPSA) is 9.86 Å². The molecule has 0 unspecified atom stereocenters. The lowest BCUT2D eigenvalue weighted by atomic mass is 9.67. The summed E-state index contributed by atoms with van der Waals surface area (Å²) < 4.78 is 4.94. The van der Waals surface area contributed by atoms with Crippen molar-refractivity contribution < 1.29 is 0 Å². The lowest BCUT2D eigenvalue weighted by Crippen LogP contribution is -2.28. The van der Waals surface area contributed by atoms with Crippen LogP contribution in [-0.4, -0.2) is 9.13 Å². The molecular formula is C61H42N2. The summed E-state index contributed by atoms with van der Waals surface area (Å²) in [5.41, 5.74) is 19.5. The van der Waals surface area contributed by atoms with E-state index in [1.54, 1.807) is 0 Å². The zero-order valence-corrected chi connectivity index (χ0v) is 34.7. The zero-order valence-electron chi connectivity index (χ0n) is 34.7. The van der Waals surface area contributed by atoms with Crippen molar-refractivity contribution in [2.45, 2.75) is 18.3 Å². The molecule has 296 valence electrons. The first-order valence-corrected chi connectivity index (χ1v) is 22.2. The van der Waals surface area contributed by atoms with Crippen molar-refractivity contribution >= 4 is 49.2 Å². The minimum absolute atomic E-state index is 0.485. The number of hydrogen-bond donors (Lipinski definition) is 0. The van der Waals surface area contributed by atoms with Crippen LogP contribution in [-0.2, 0) is 5.41 Å². The van der Waals surface area contributed by atoms with Crippen LogP contribution in [0.5, 0.6) is 0 Å². The maximum absolute atomic E-state index is 2.50. The summed E-state index contributed by atoms with van der Waals surface area (Å²) in [6.45, 7) is 0. The Kier molecular flexibility index (Phi) is 7.98. The van der Waals surface area contributed by atoms with Crippen molar-refractivity contribution in [2.75, 3.05) is 0 Å². The molecule has 0 bridgehead atoms. The Morgan fingerprint density at radius 3 is 1.76 bits per heavy atom. The molecule has 0 atom stereocenters. The van der Waals surface area contributed by atoms with Crippen LogP contribution < -0.4 is 0 Å². The van der Waals surface area contributed by atoms with Crippen molar-refractivity contribution in [1.29, 1.82) is 0 Å². The second-order valence-electron chi connectivity index (χ2n) is 17.1. The monoisotopic (exact) mass is 802 g/mol. The van der Waals surface area contributed by atoms with Crippen molar-refractivity contribution in [2.24, 2.45) is 0 Å². The van der Waals surface area contributed by atoms with Crippen molar-refractivity contribution in [3.63, 3.8) is 0 Å². The van der Waals surface area contributed by atoms with Gasteiger partial charge in [0, 0.05) is 38.5 Å². The van der Waals surface area contributed by atoms with E-state index in [-0.39, 0.29) is 0 Å². The number of aromatic nitrogens is 2. The Hall–Kier alpha value is -7.94. The van der Waals surface area contributed by atoms with Crippen molar-refractivity contribution in [3.8, 4) is 33.6 Å². The van der Waals surface area contributed by atoms with Gasteiger partial charge in [-0.1, -0.05) is 182 Å². The SMILES string of the molecule is C1=CCCC(c2ccc(-n3c4ccc(C5(c6ccccc6)c6ccccc6-c6ccccc65)cc4c4ccc(-c5cccc6c7ccccc7n(-c7ccccc7)c56)cc43)cc2)=C1. The average Bonchev–Trinajstić information content (AvgIpc) is 3.99. The first-order valence-electron chi connectivity index (χ1n) is 22.2. The smallest absolute Gasteiger partial charge is 0.0713 e. The average molecular weight is 803 g/mol. The zero-order chi connectivity index (χ0) is 41.5. The molecule has 0 fully saturated rings. The molecule has 0 saturated carbocycles. The normalized spacial score (nSPS) is 14.1. The Morgan fingerprint density at radius 1 is 0.381 bits per heavy atom. The second-order valence-corrected chi connectivity index (χ2v) is 17.1. The summed E-state index contributed by atoms with van der Waals surface area (Å²) in [6, 6.07) is 79.3. The van der Waals surface area contributed by atoms with Gasteiger partial charge in [0.25, 0.3) is 0 Å². The molecule has 11 aromatic rings. The predicted molar refractivity (Wildman–Crippen MR) is 264 cm³/mol. The van der Waals surface area contributed by atoms with Crippen LogP contribution in [0.25, 0.3) is 82.8 Å². The number of benzene rings is 9. The molecule has 0 radical (unpaired) electrons. The van der Waals surface area contributed by atoms with Crippen molar-refractivity contribution in [1.82, 2.24) is 9.13 Å². The van der Waals surface area contributed by atoms with Gasteiger partial charge >= 0.3 is 0 Å². The first kappa shape index (κ1) is 35.8. The molecule has 2 aromatic heterocycles. The van der Waals surface area contributed by atoms with E-state index < -0.39 is 5.41 Å². The molecule has 0 N–H and O–H groups in total. The third-order valence-corrected chi connectivity index (χ3v) is 13.9. The summed E-state index contributed by atoms with van der Waals surface area (Å²) in [5, 5.41) is 4.99. The molecule has 2 aliphatic carbocycles. The number of allylic oxidation sites excluding steroid dienone is 4. The van der Waals surface area contributed by atoms with Crippen LogP contribution in [0.4, 0.5) is 0 Å². The van der Waals surface area contributed by atoms with Crippen LogP contribution in [0.2, 0.25) is 0 Å². The minimum Gasteiger partial charge on any atom is -0.309 e. The fourth-order valence-electron chi connectivity index (χ4n) is 11.2. The largest absolute Gasteiger partial charge is 0.309 e. The van der Waals surface area contributed by atoms with E-state index in [2.05, 4.69) is 240 Å². The highest BCUT2D eigenvalue weighted by Gasteiger charge is 2.46. The van der Waals surface area contributed by atoms with Crippen LogP contribution in [0.3, 0.4) is 0 Å². The maximum Gasteiger partial charge on any atom is 0.0713 e. The van der Waals surface area contributed by atoms with Gasteiger partial charge in [-0.2, -0.15) is 0 Å². The summed E-state index contributed by atoms with van der Waals surface area (Å²) >= 11 is 0. The molecule has 0 amide bonds. The molecule has 0 saturated heterocycles. The highest BCUT2D eigenvalue weighted by Crippen LogP contribution is 2.56. The summed E-state index contributed by atoms with van der Waals surface area (Å²) in [6.07, 6.45) is 8.87. The second kappa shape index (κ2) is 14.1. The van der Waals surface area contributed by atoms with E-state index in [0.717, 1.165) is 24.2 Å². The summed E-state index contributed by atoms with van der Waals surface area (Å²) in [5.74, 6) is 0. The third-order valence-electron chi connectivity index (χ3n) is 13.9. The molecule has 0 spiro atoms. The molecule has 2 heteroatoms. The van der Waals surface area contributed by atoms with Gasteiger partial charge in [-0.15, -0.1) is 0 Å². The maximum atomic E-state index is 2.50. The van der Waals surface area contributed by atoms with Gasteiger partial charge in [-0.05, 0) is 111 Å². The van der Waals surface area contributed by atoms with Crippen LogP contribution in [0.15, 0.2) is 231 Å². The molecule has 2 aliphatic rings. The van der Waals surface area contributed by atoms with Gasteiger partial charge in [0.1, 0.15) is 0 Å². The standard InChI is InChI=1S/C61H42N2/c1-4-17-41(18-5-1)42-31-35-47(36-32-42)62-58-38-34-45(61(44-19-6-2-7-20-44)55-28-13-10-23-49(55)50-24-11-14-29-56(50)61)40-54(58)52-37-33-43(39-59(52)62)48-26-16-27-53-51-25-12-15-30-57(51)63(60(48)53)46-21-8-3-9-22-46/h1-4,6-17,19-40H,5,18H2. The fourth-order valence-corrected chi connectivity index (χ4v) is 11.2. The van der Waals surface area contributed by atoms with Gasteiger partial charge in [-0.3, -0.25) is 0 Å². The highest BCUT2D eigenvalue weighted by molar-refractivity contribution is 6.15. The predicted octanol–water partition coefficient (Wildman–Crippen LogP) is 15.6. The first-order chi connectivity index (χ1) is 31.3. The lowest BCUT2D eigenvalue weighted by molar-refractivity contribution is 0.770. The van der Waals surface area contributed by atoms with E-state index in [9.17, 15) is 0 Å². The summed E-state index contributed by atoms with van der Waals surface area (Å²) in [7, 11) is 0. The molecule has 2 heterocycles. The van der Waals surface area contributed by atoms with Crippen LogP contribution in [0.1, 0.15) is 40.7 Å². The Labute approximate surface area is 367 Å². The number of para-hydroxylation sites is 3. The van der Waals surface area contributed by atoms with Crippen LogP contribution in [0, 0.1) is 0 Å². The number of fused-ring (bicyclic) bond motifs is 9. The number of rotatable bonds is 6. The van der Waals surface area contributed by atoms with Gasteiger partial charge < -0.3 is 9.13 Å². The molecule has 63 heavy (non-hydrogen) atoms.